The molecular weight excluding hydrogens is 332 g/mol. The predicted molar refractivity (Wildman–Crippen MR) is 92.7 cm³/mol. The molecule has 1 amide bonds. The average Bonchev–Trinajstić information content (AvgIpc) is 2.95. The Morgan fingerprint density at radius 3 is 2.87 bits per heavy atom. The lowest BCUT2D eigenvalue weighted by Crippen LogP contribution is -2.28. The molecule has 6 heteroatoms. The van der Waals surface area contributed by atoms with Gasteiger partial charge in [-0.15, -0.1) is 0 Å². The Kier molecular flexibility index (Phi) is 4.88. The number of thioether (sulfide) groups is 1. The monoisotopic (exact) mass is 346 g/mol. The third kappa shape index (κ3) is 4.06. The van der Waals surface area contributed by atoms with Gasteiger partial charge >= 0.3 is 0 Å². The first-order valence-corrected chi connectivity index (χ1v) is 8.51. The number of rotatable bonds is 5. The van der Waals surface area contributed by atoms with Crippen LogP contribution < -0.4 is 5.32 Å². The van der Waals surface area contributed by atoms with Gasteiger partial charge in [0.2, 0.25) is 5.91 Å². The zero-order valence-electron chi connectivity index (χ0n) is 12.5. The van der Waals surface area contributed by atoms with Crippen molar-refractivity contribution in [2.75, 3.05) is 5.75 Å². The molecule has 3 rings (SSSR count). The van der Waals surface area contributed by atoms with Gasteiger partial charge in [-0.1, -0.05) is 53.7 Å². The van der Waals surface area contributed by atoms with Crippen molar-refractivity contribution in [3.63, 3.8) is 0 Å². The zero-order valence-corrected chi connectivity index (χ0v) is 14.0. The predicted octanol–water partition coefficient (Wildman–Crippen LogP) is 4.45. The maximum Gasteiger partial charge on any atom is 0.257 e. The van der Waals surface area contributed by atoms with Crippen molar-refractivity contribution in [1.29, 1.82) is 0 Å². The smallest absolute Gasteiger partial charge is 0.257 e. The van der Waals surface area contributed by atoms with Crippen molar-refractivity contribution < 1.29 is 9.21 Å². The zero-order chi connectivity index (χ0) is 16.2. The van der Waals surface area contributed by atoms with Crippen LogP contribution in [-0.2, 0) is 4.79 Å². The van der Waals surface area contributed by atoms with E-state index in [1.165, 1.54) is 11.8 Å². The number of hydrogen-bond acceptors (Lipinski definition) is 4. The maximum atomic E-state index is 12.0. The van der Waals surface area contributed by atoms with Gasteiger partial charge in [-0.3, -0.25) is 4.79 Å². The molecule has 118 valence electrons. The summed E-state index contributed by atoms with van der Waals surface area (Å²) in [6.45, 7) is 1.96. The molecule has 0 bridgehead atoms. The van der Waals surface area contributed by atoms with Crippen molar-refractivity contribution in [2.24, 2.45) is 0 Å². The molecule has 1 N–H and O–H groups in total. The summed E-state index contributed by atoms with van der Waals surface area (Å²) >= 11 is 7.18. The van der Waals surface area contributed by atoms with Crippen LogP contribution in [0.15, 0.2) is 58.2 Å². The minimum atomic E-state index is -0.0633. The van der Waals surface area contributed by atoms with E-state index in [1.807, 2.05) is 37.3 Å². The first-order valence-electron chi connectivity index (χ1n) is 7.15. The molecule has 0 aliphatic rings. The highest BCUT2D eigenvalue weighted by atomic mass is 35.5. The molecule has 0 spiro atoms. The Labute approximate surface area is 143 Å². The van der Waals surface area contributed by atoms with E-state index >= 15 is 0 Å². The van der Waals surface area contributed by atoms with Crippen LogP contribution in [0.4, 0.5) is 0 Å². The Morgan fingerprint density at radius 1 is 1.30 bits per heavy atom. The third-order valence-corrected chi connectivity index (χ3v) is 4.40. The molecule has 23 heavy (non-hydrogen) atoms. The fourth-order valence-corrected chi connectivity index (χ4v) is 2.99. The topological polar surface area (TPSA) is 55.1 Å². The van der Waals surface area contributed by atoms with Gasteiger partial charge in [0.15, 0.2) is 5.58 Å². The van der Waals surface area contributed by atoms with Crippen LogP contribution in [0.25, 0.3) is 11.1 Å². The molecule has 1 aromatic heterocycles. The number of oxazole rings is 1. The van der Waals surface area contributed by atoms with Gasteiger partial charge in [-0.05, 0) is 24.6 Å². The Morgan fingerprint density at radius 2 is 2.09 bits per heavy atom. The van der Waals surface area contributed by atoms with Gasteiger partial charge in [0.05, 0.1) is 11.8 Å². The van der Waals surface area contributed by atoms with Crippen LogP contribution in [0, 0.1) is 0 Å². The third-order valence-electron chi connectivity index (χ3n) is 3.33. The molecule has 1 atom stereocenters. The number of hydrogen-bond donors (Lipinski definition) is 1. The van der Waals surface area contributed by atoms with Gasteiger partial charge < -0.3 is 9.73 Å². The largest absolute Gasteiger partial charge is 0.431 e. The molecule has 1 heterocycles. The second-order valence-electron chi connectivity index (χ2n) is 5.08. The van der Waals surface area contributed by atoms with Crippen molar-refractivity contribution in [3.05, 3.63) is 59.1 Å². The number of fused-ring (bicyclic) bond motifs is 1. The lowest BCUT2D eigenvalue weighted by Gasteiger charge is -2.13. The highest BCUT2D eigenvalue weighted by molar-refractivity contribution is 7.99. The van der Waals surface area contributed by atoms with Gasteiger partial charge in [0.1, 0.15) is 5.52 Å². The summed E-state index contributed by atoms with van der Waals surface area (Å²) in [5, 5.41) is 4.02. The molecule has 0 aliphatic heterocycles. The molecule has 0 fully saturated rings. The Balaban J connectivity index is 1.57. The van der Waals surface area contributed by atoms with E-state index in [-0.39, 0.29) is 17.7 Å². The summed E-state index contributed by atoms with van der Waals surface area (Å²) in [6, 6.07) is 15.1. The molecular formula is C17H15ClN2O2S. The first kappa shape index (κ1) is 15.9. The number of benzene rings is 2. The Bertz CT molecular complexity index is 820. The summed E-state index contributed by atoms with van der Waals surface area (Å²) in [6.07, 6.45) is 0. The number of amides is 1. The van der Waals surface area contributed by atoms with Crippen LogP contribution in [0.2, 0.25) is 5.02 Å². The fourth-order valence-electron chi connectivity index (χ4n) is 2.17. The SMILES string of the molecule is C[C@@H](NC(=O)CSc1nc2ccc(Cl)cc2o1)c1ccccc1. The molecule has 0 saturated heterocycles. The van der Waals surface area contributed by atoms with E-state index in [0.717, 1.165) is 11.1 Å². The normalized spacial score (nSPS) is 12.3. The van der Waals surface area contributed by atoms with E-state index in [1.54, 1.807) is 18.2 Å². The molecule has 3 aromatic rings. The van der Waals surface area contributed by atoms with Crippen molar-refractivity contribution in [1.82, 2.24) is 10.3 Å². The van der Waals surface area contributed by atoms with E-state index < -0.39 is 0 Å². The van der Waals surface area contributed by atoms with E-state index in [9.17, 15) is 4.79 Å². The van der Waals surface area contributed by atoms with Gasteiger partial charge in [-0.2, -0.15) is 0 Å². The first-order chi connectivity index (χ1) is 11.1. The van der Waals surface area contributed by atoms with Crippen molar-refractivity contribution >= 4 is 40.4 Å². The van der Waals surface area contributed by atoms with Crippen LogP contribution in [0.1, 0.15) is 18.5 Å². The quantitative estimate of drug-likeness (QED) is 0.693. The van der Waals surface area contributed by atoms with E-state index in [0.29, 0.717) is 15.8 Å². The van der Waals surface area contributed by atoms with Crippen molar-refractivity contribution in [2.45, 2.75) is 18.2 Å². The van der Waals surface area contributed by atoms with Crippen LogP contribution >= 0.6 is 23.4 Å². The second-order valence-corrected chi connectivity index (χ2v) is 6.44. The number of nitrogens with zero attached hydrogens (tertiary/aromatic N) is 1. The highest BCUT2D eigenvalue weighted by Gasteiger charge is 2.12. The number of aromatic nitrogens is 1. The average molecular weight is 347 g/mol. The minimum Gasteiger partial charge on any atom is -0.431 e. The van der Waals surface area contributed by atoms with Gasteiger partial charge in [0, 0.05) is 11.1 Å². The summed E-state index contributed by atoms with van der Waals surface area (Å²) < 4.78 is 5.58. The number of nitrogens with one attached hydrogen (secondary N) is 1. The lowest BCUT2D eigenvalue weighted by atomic mass is 10.1. The van der Waals surface area contributed by atoms with Crippen LogP contribution in [0.5, 0.6) is 0 Å². The minimum absolute atomic E-state index is 0.0354. The number of halogens is 1. The second kappa shape index (κ2) is 7.06. The van der Waals surface area contributed by atoms with Gasteiger partial charge in [0.25, 0.3) is 5.22 Å². The highest BCUT2D eigenvalue weighted by Crippen LogP contribution is 2.25. The van der Waals surface area contributed by atoms with Gasteiger partial charge in [-0.25, -0.2) is 4.98 Å². The molecule has 2 aromatic carbocycles. The van der Waals surface area contributed by atoms with E-state index in [2.05, 4.69) is 10.3 Å². The summed E-state index contributed by atoms with van der Waals surface area (Å²) in [7, 11) is 0. The summed E-state index contributed by atoms with van der Waals surface area (Å²) in [4.78, 5) is 16.4. The maximum absolute atomic E-state index is 12.0. The lowest BCUT2D eigenvalue weighted by molar-refractivity contribution is -0.119. The molecule has 0 aliphatic carbocycles. The molecule has 0 unspecified atom stereocenters. The summed E-state index contributed by atoms with van der Waals surface area (Å²) in [5.74, 6) is 0.184. The standard InChI is InChI=1S/C17H15ClN2O2S/c1-11(12-5-3-2-4-6-12)19-16(21)10-23-17-20-14-8-7-13(18)9-15(14)22-17/h2-9,11H,10H2,1H3,(H,19,21)/t11-/m1/s1. The van der Waals surface area contributed by atoms with Crippen LogP contribution in [0.3, 0.4) is 0 Å². The molecule has 4 nitrogen and oxygen atoms in total. The molecule has 0 radical (unpaired) electrons. The summed E-state index contributed by atoms with van der Waals surface area (Å²) in [5.41, 5.74) is 2.43. The number of carbonyl (C=O) groups excluding carboxylic acids is 1. The van der Waals surface area contributed by atoms with Crippen molar-refractivity contribution in [3.8, 4) is 0 Å². The Hall–Kier alpha value is -1.98. The number of carbonyl (C=O) groups is 1. The fraction of sp³-hybridized carbons (Fsp3) is 0.176. The van der Waals surface area contributed by atoms with E-state index in [4.69, 9.17) is 16.0 Å². The molecule has 0 saturated carbocycles. The van der Waals surface area contributed by atoms with Crippen LogP contribution in [-0.4, -0.2) is 16.6 Å².